The highest BCUT2D eigenvalue weighted by Gasteiger charge is 2.10. The zero-order valence-electron chi connectivity index (χ0n) is 15.0. The predicted octanol–water partition coefficient (Wildman–Crippen LogP) is 3.86. The molecule has 136 valence electrons. The molecule has 2 aromatic carbocycles. The largest absolute Gasteiger partial charge is 0.497 e. The van der Waals surface area contributed by atoms with Gasteiger partial charge in [-0.15, -0.1) is 11.3 Å². The van der Waals surface area contributed by atoms with Crippen LogP contribution < -0.4 is 4.74 Å². The summed E-state index contributed by atoms with van der Waals surface area (Å²) in [5, 5.41) is 12.5. The third kappa shape index (κ3) is 5.14. The van der Waals surface area contributed by atoms with E-state index in [1.54, 1.807) is 18.4 Å². The SMILES string of the molecule is COc1cccc(-c2nc(CN(CCO)CCc3ccccc3)cs2)c1. The van der Waals surface area contributed by atoms with Crippen molar-refractivity contribution < 1.29 is 9.84 Å². The van der Waals surface area contributed by atoms with Gasteiger partial charge in [0.15, 0.2) is 0 Å². The van der Waals surface area contributed by atoms with Crippen LogP contribution in [-0.4, -0.2) is 41.8 Å². The summed E-state index contributed by atoms with van der Waals surface area (Å²) in [4.78, 5) is 7.02. The minimum absolute atomic E-state index is 0.154. The van der Waals surface area contributed by atoms with E-state index in [0.29, 0.717) is 6.54 Å². The lowest BCUT2D eigenvalue weighted by molar-refractivity contribution is 0.190. The molecule has 1 N–H and O–H groups in total. The van der Waals surface area contributed by atoms with Gasteiger partial charge in [0.1, 0.15) is 10.8 Å². The highest BCUT2D eigenvalue weighted by Crippen LogP contribution is 2.27. The molecule has 3 rings (SSSR count). The molecule has 26 heavy (non-hydrogen) atoms. The molecular weight excluding hydrogens is 344 g/mol. The van der Waals surface area contributed by atoms with Crippen LogP contribution in [0.5, 0.6) is 5.75 Å². The molecule has 0 spiro atoms. The minimum atomic E-state index is 0.154. The summed E-state index contributed by atoms with van der Waals surface area (Å²) in [6.45, 7) is 2.45. The number of ether oxygens (including phenoxy) is 1. The van der Waals surface area contributed by atoms with Crippen LogP contribution in [0.3, 0.4) is 0 Å². The van der Waals surface area contributed by atoms with E-state index in [0.717, 1.165) is 41.5 Å². The first-order valence-electron chi connectivity index (χ1n) is 8.74. The Bertz CT molecular complexity index is 805. The van der Waals surface area contributed by atoms with Gasteiger partial charge in [-0.1, -0.05) is 42.5 Å². The lowest BCUT2D eigenvalue weighted by atomic mass is 10.1. The number of thiazole rings is 1. The van der Waals surface area contributed by atoms with E-state index >= 15 is 0 Å². The number of hydrogen-bond acceptors (Lipinski definition) is 5. The normalized spacial score (nSPS) is 11.0. The lowest BCUT2D eigenvalue weighted by Gasteiger charge is -2.20. The van der Waals surface area contributed by atoms with Gasteiger partial charge in [0.25, 0.3) is 0 Å². The molecule has 0 saturated heterocycles. The van der Waals surface area contributed by atoms with Crippen LogP contribution in [0.1, 0.15) is 11.3 Å². The van der Waals surface area contributed by atoms with Crippen LogP contribution in [0, 0.1) is 0 Å². The second-order valence-electron chi connectivity index (χ2n) is 6.11. The van der Waals surface area contributed by atoms with Crippen LogP contribution in [0.25, 0.3) is 10.6 Å². The molecule has 0 aliphatic heterocycles. The van der Waals surface area contributed by atoms with Crippen molar-refractivity contribution in [1.82, 2.24) is 9.88 Å². The fourth-order valence-corrected chi connectivity index (χ4v) is 3.65. The number of aliphatic hydroxyl groups is 1. The molecule has 0 unspecified atom stereocenters. The Kier molecular flexibility index (Phi) is 6.77. The first kappa shape index (κ1) is 18.6. The molecule has 0 saturated carbocycles. The van der Waals surface area contributed by atoms with Crippen LogP contribution in [0.2, 0.25) is 0 Å². The average molecular weight is 369 g/mol. The predicted molar refractivity (Wildman–Crippen MR) is 107 cm³/mol. The smallest absolute Gasteiger partial charge is 0.123 e. The summed E-state index contributed by atoms with van der Waals surface area (Å²) < 4.78 is 5.29. The number of aromatic nitrogens is 1. The molecular formula is C21H24N2O2S. The highest BCUT2D eigenvalue weighted by molar-refractivity contribution is 7.13. The van der Waals surface area contributed by atoms with Gasteiger partial charge in [0.2, 0.25) is 0 Å². The summed E-state index contributed by atoms with van der Waals surface area (Å²) in [7, 11) is 1.67. The van der Waals surface area contributed by atoms with Gasteiger partial charge < -0.3 is 9.84 Å². The van der Waals surface area contributed by atoms with E-state index in [-0.39, 0.29) is 6.61 Å². The standard InChI is InChI=1S/C21H24N2O2S/c1-25-20-9-5-8-18(14-20)21-22-19(16-26-21)15-23(12-13-24)11-10-17-6-3-2-4-7-17/h2-9,14,16,24H,10-13,15H2,1H3. The first-order valence-corrected chi connectivity index (χ1v) is 9.62. The van der Waals surface area contributed by atoms with Crippen LogP contribution in [-0.2, 0) is 13.0 Å². The fraction of sp³-hybridized carbons (Fsp3) is 0.286. The molecule has 0 atom stereocenters. The van der Waals surface area contributed by atoms with E-state index < -0.39 is 0 Å². The third-order valence-corrected chi connectivity index (χ3v) is 5.17. The molecule has 3 aromatic rings. The highest BCUT2D eigenvalue weighted by atomic mass is 32.1. The first-order chi connectivity index (χ1) is 12.8. The summed E-state index contributed by atoms with van der Waals surface area (Å²) in [5.41, 5.74) is 3.42. The van der Waals surface area contributed by atoms with E-state index in [2.05, 4.69) is 34.5 Å². The number of benzene rings is 2. The molecule has 1 heterocycles. The molecule has 0 radical (unpaired) electrons. The van der Waals surface area contributed by atoms with Crippen molar-refractivity contribution in [3.05, 3.63) is 71.2 Å². The van der Waals surface area contributed by atoms with Crippen molar-refractivity contribution in [2.45, 2.75) is 13.0 Å². The van der Waals surface area contributed by atoms with E-state index in [4.69, 9.17) is 9.72 Å². The third-order valence-electron chi connectivity index (χ3n) is 4.23. The van der Waals surface area contributed by atoms with Gasteiger partial charge in [-0.3, -0.25) is 4.90 Å². The average Bonchev–Trinajstić information content (AvgIpc) is 3.16. The Balaban J connectivity index is 1.64. The van der Waals surface area contributed by atoms with Gasteiger partial charge in [-0.25, -0.2) is 4.98 Å². The van der Waals surface area contributed by atoms with Gasteiger partial charge in [-0.05, 0) is 24.1 Å². The van der Waals surface area contributed by atoms with E-state index in [1.165, 1.54) is 5.56 Å². The Hall–Kier alpha value is -2.21. The van der Waals surface area contributed by atoms with Crippen LogP contribution in [0.4, 0.5) is 0 Å². The van der Waals surface area contributed by atoms with Crippen LogP contribution in [0.15, 0.2) is 60.0 Å². The Morgan fingerprint density at radius 2 is 1.92 bits per heavy atom. The van der Waals surface area contributed by atoms with Crippen molar-refractivity contribution in [3.63, 3.8) is 0 Å². The number of hydrogen-bond donors (Lipinski definition) is 1. The second kappa shape index (κ2) is 9.48. The zero-order valence-corrected chi connectivity index (χ0v) is 15.8. The van der Waals surface area contributed by atoms with Crippen molar-refractivity contribution in [2.75, 3.05) is 26.8 Å². The van der Waals surface area contributed by atoms with Gasteiger partial charge >= 0.3 is 0 Å². The summed E-state index contributed by atoms with van der Waals surface area (Å²) in [6, 6.07) is 18.4. The number of rotatable bonds is 9. The van der Waals surface area contributed by atoms with E-state index in [1.807, 2.05) is 30.3 Å². The zero-order chi connectivity index (χ0) is 18.2. The molecule has 1 aromatic heterocycles. The summed E-state index contributed by atoms with van der Waals surface area (Å²) in [5.74, 6) is 0.837. The molecule has 0 aliphatic rings. The maximum Gasteiger partial charge on any atom is 0.123 e. The van der Waals surface area contributed by atoms with E-state index in [9.17, 15) is 5.11 Å². The Morgan fingerprint density at radius 3 is 2.69 bits per heavy atom. The molecule has 0 aliphatic carbocycles. The maximum absolute atomic E-state index is 9.38. The molecule has 4 nitrogen and oxygen atoms in total. The topological polar surface area (TPSA) is 45.6 Å². The summed E-state index contributed by atoms with van der Waals surface area (Å²) >= 11 is 1.64. The fourth-order valence-electron chi connectivity index (χ4n) is 2.84. The molecule has 5 heteroatoms. The van der Waals surface area contributed by atoms with Crippen LogP contribution >= 0.6 is 11.3 Å². The van der Waals surface area contributed by atoms with Crippen molar-refractivity contribution in [3.8, 4) is 16.3 Å². The maximum atomic E-state index is 9.38. The quantitative estimate of drug-likeness (QED) is 0.623. The second-order valence-corrected chi connectivity index (χ2v) is 6.97. The Labute approximate surface area is 158 Å². The molecule has 0 fully saturated rings. The molecule has 0 bridgehead atoms. The lowest BCUT2D eigenvalue weighted by Crippen LogP contribution is -2.28. The monoisotopic (exact) mass is 368 g/mol. The number of aliphatic hydroxyl groups excluding tert-OH is 1. The van der Waals surface area contributed by atoms with Gasteiger partial charge in [-0.2, -0.15) is 0 Å². The van der Waals surface area contributed by atoms with Gasteiger partial charge in [0, 0.05) is 30.6 Å². The minimum Gasteiger partial charge on any atom is -0.497 e. The van der Waals surface area contributed by atoms with Crippen molar-refractivity contribution >= 4 is 11.3 Å². The van der Waals surface area contributed by atoms with Gasteiger partial charge in [0.05, 0.1) is 19.4 Å². The van der Waals surface area contributed by atoms with Crippen molar-refractivity contribution in [1.29, 1.82) is 0 Å². The Morgan fingerprint density at radius 1 is 1.08 bits per heavy atom. The number of methoxy groups -OCH3 is 1. The van der Waals surface area contributed by atoms with Crippen molar-refractivity contribution in [2.24, 2.45) is 0 Å². The number of nitrogens with zero attached hydrogens (tertiary/aromatic N) is 2. The summed E-state index contributed by atoms with van der Waals surface area (Å²) in [6.07, 6.45) is 0.966. The molecule has 0 amide bonds.